The Hall–Kier alpha value is -1.77. The largest absolute Gasteiger partial charge is 0.244 e. The molecular weight excluding hydrogens is 150 g/mol. The number of fused-ring (bicyclic) bond motifs is 3. The highest BCUT2D eigenvalue weighted by Crippen LogP contribution is 2.34. The van der Waals surface area contributed by atoms with Gasteiger partial charge in [0.1, 0.15) is 6.33 Å². The number of hydrogen-bond donors (Lipinski definition) is 0. The van der Waals surface area contributed by atoms with Gasteiger partial charge in [-0.25, -0.2) is 15.0 Å². The van der Waals surface area contributed by atoms with E-state index < -0.39 is 0 Å². The fraction of sp³-hybridized carbons (Fsp3) is 0. The number of aliphatic imine (C=N–C) groups is 1. The molecule has 0 radical (unpaired) electrons. The molecule has 3 nitrogen and oxygen atoms in total. The van der Waals surface area contributed by atoms with Crippen molar-refractivity contribution in [1.82, 2.24) is 9.97 Å². The molecule has 0 amide bonds. The van der Waals surface area contributed by atoms with Gasteiger partial charge in [-0.3, -0.25) is 0 Å². The molecule has 0 bridgehead atoms. The first kappa shape index (κ1) is 5.83. The maximum atomic E-state index is 4.32. The van der Waals surface area contributed by atoms with Crippen LogP contribution in [-0.4, -0.2) is 15.7 Å². The number of allylic oxidation sites excluding steroid dienone is 4. The van der Waals surface area contributed by atoms with Crippen molar-refractivity contribution >= 4 is 17.1 Å². The predicted octanol–water partition coefficient (Wildman–Crippen LogP) is 1.52. The Morgan fingerprint density at radius 1 is 1.25 bits per heavy atom. The maximum absolute atomic E-state index is 4.32. The summed E-state index contributed by atoms with van der Waals surface area (Å²) >= 11 is 0. The molecule has 1 aliphatic carbocycles. The molecule has 0 spiro atoms. The van der Waals surface area contributed by atoms with Crippen LogP contribution in [0.1, 0.15) is 5.56 Å². The van der Waals surface area contributed by atoms with Crippen LogP contribution < -0.4 is 0 Å². The number of hydrogen-bond acceptors (Lipinski definition) is 3. The predicted molar refractivity (Wildman–Crippen MR) is 46.2 cm³/mol. The van der Waals surface area contributed by atoms with Crippen LogP contribution in [0.3, 0.4) is 0 Å². The summed E-state index contributed by atoms with van der Waals surface area (Å²) in [6.07, 6.45) is 9.33. The lowest BCUT2D eigenvalue weighted by molar-refractivity contribution is 1.15. The molecule has 0 aromatic carbocycles. The van der Waals surface area contributed by atoms with Gasteiger partial charge >= 0.3 is 0 Å². The van der Waals surface area contributed by atoms with Crippen molar-refractivity contribution in [1.29, 1.82) is 0 Å². The molecule has 56 valence electrons. The Kier molecular flexibility index (Phi) is 0.913. The third kappa shape index (κ3) is 0.580. The van der Waals surface area contributed by atoms with Crippen LogP contribution in [0.15, 0.2) is 35.7 Å². The standard InChI is InChI=1S/C9H5N3/c1-2-6-7-4-10-5-11-9(7)12-8(6)3-1/h1-5H. The van der Waals surface area contributed by atoms with Crippen LogP contribution in [0.4, 0.5) is 5.82 Å². The summed E-state index contributed by atoms with van der Waals surface area (Å²) in [4.78, 5) is 12.4. The van der Waals surface area contributed by atoms with E-state index in [1.807, 2.05) is 18.2 Å². The molecular formula is C9H5N3. The highest BCUT2D eigenvalue weighted by Gasteiger charge is 2.21. The second-order valence-electron chi connectivity index (χ2n) is 2.70. The third-order valence-corrected chi connectivity index (χ3v) is 2.00. The first-order valence-electron chi connectivity index (χ1n) is 3.73. The van der Waals surface area contributed by atoms with Gasteiger partial charge in [0, 0.05) is 17.3 Å². The first-order valence-corrected chi connectivity index (χ1v) is 3.73. The van der Waals surface area contributed by atoms with Gasteiger partial charge in [0.15, 0.2) is 5.82 Å². The van der Waals surface area contributed by atoms with Gasteiger partial charge in [0.25, 0.3) is 0 Å². The fourth-order valence-electron chi connectivity index (χ4n) is 1.45. The summed E-state index contributed by atoms with van der Waals surface area (Å²) in [5, 5.41) is 0. The molecule has 3 heteroatoms. The Balaban J connectivity index is 2.33. The summed E-state index contributed by atoms with van der Waals surface area (Å²) < 4.78 is 0. The van der Waals surface area contributed by atoms with E-state index in [0.717, 1.165) is 22.7 Å². The molecule has 0 saturated heterocycles. The zero-order valence-corrected chi connectivity index (χ0v) is 6.23. The van der Waals surface area contributed by atoms with Crippen LogP contribution >= 0.6 is 0 Å². The quantitative estimate of drug-likeness (QED) is 0.569. The van der Waals surface area contributed by atoms with E-state index in [1.165, 1.54) is 6.33 Å². The molecule has 1 aromatic rings. The minimum absolute atomic E-state index is 0.788. The molecule has 12 heavy (non-hydrogen) atoms. The average Bonchev–Trinajstić information content (AvgIpc) is 2.62. The lowest BCUT2D eigenvalue weighted by Crippen LogP contribution is -1.87. The van der Waals surface area contributed by atoms with E-state index in [0.29, 0.717) is 0 Å². The van der Waals surface area contributed by atoms with Gasteiger partial charge < -0.3 is 0 Å². The zero-order chi connectivity index (χ0) is 7.97. The van der Waals surface area contributed by atoms with Crippen molar-refractivity contribution in [2.75, 3.05) is 0 Å². The van der Waals surface area contributed by atoms with E-state index in [1.54, 1.807) is 6.20 Å². The Bertz CT molecular complexity index is 441. The highest BCUT2D eigenvalue weighted by molar-refractivity contribution is 6.35. The van der Waals surface area contributed by atoms with Crippen LogP contribution in [0.25, 0.3) is 5.57 Å². The lowest BCUT2D eigenvalue weighted by Gasteiger charge is -1.93. The first-order chi connectivity index (χ1) is 5.95. The smallest absolute Gasteiger partial charge is 0.163 e. The third-order valence-electron chi connectivity index (χ3n) is 2.00. The molecule has 1 aromatic heterocycles. The fourth-order valence-corrected chi connectivity index (χ4v) is 1.45. The van der Waals surface area contributed by atoms with Gasteiger partial charge in [-0.1, -0.05) is 12.2 Å². The van der Waals surface area contributed by atoms with Crippen LogP contribution in [0, 0.1) is 0 Å². The van der Waals surface area contributed by atoms with E-state index in [-0.39, 0.29) is 0 Å². The monoisotopic (exact) mass is 155 g/mol. The summed E-state index contributed by atoms with van der Waals surface area (Å²) in [6.45, 7) is 0. The van der Waals surface area contributed by atoms with Crippen LogP contribution in [-0.2, 0) is 0 Å². The maximum Gasteiger partial charge on any atom is 0.163 e. The minimum atomic E-state index is 0.788. The second-order valence-corrected chi connectivity index (χ2v) is 2.70. The molecule has 0 N–H and O–H groups in total. The van der Waals surface area contributed by atoms with E-state index in [4.69, 9.17) is 0 Å². The highest BCUT2D eigenvalue weighted by atomic mass is 15.0. The average molecular weight is 155 g/mol. The SMILES string of the molecule is C1=CC2=Nc3ncncc3C2=C1. The van der Waals surface area contributed by atoms with E-state index in [2.05, 4.69) is 15.0 Å². The summed E-state index contributed by atoms with van der Waals surface area (Å²) in [5.41, 5.74) is 3.19. The molecule has 0 atom stereocenters. The topological polar surface area (TPSA) is 38.1 Å². The van der Waals surface area contributed by atoms with Gasteiger partial charge in [0.2, 0.25) is 0 Å². The van der Waals surface area contributed by atoms with Crippen molar-refractivity contribution < 1.29 is 0 Å². The van der Waals surface area contributed by atoms with Crippen LogP contribution in [0.2, 0.25) is 0 Å². The van der Waals surface area contributed by atoms with Gasteiger partial charge in [-0.05, 0) is 6.08 Å². The van der Waals surface area contributed by atoms with Gasteiger partial charge in [-0.15, -0.1) is 0 Å². The summed E-state index contributed by atoms with van der Waals surface area (Å²) in [6, 6.07) is 0. The zero-order valence-electron chi connectivity index (χ0n) is 6.23. The molecule has 0 unspecified atom stereocenters. The van der Waals surface area contributed by atoms with E-state index >= 15 is 0 Å². The molecule has 0 fully saturated rings. The Labute approximate surface area is 69.2 Å². The van der Waals surface area contributed by atoms with Crippen molar-refractivity contribution in [3.63, 3.8) is 0 Å². The number of aromatic nitrogens is 2. The summed E-state index contributed by atoms with van der Waals surface area (Å²) in [5.74, 6) is 0.788. The van der Waals surface area contributed by atoms with Crippen molar-refractivity contribution in [2.24, 2.45) is 4.99 Å². The molecule has 3 rings (SSSR count). The van der Waals surface area contributed by atoms with Gasteiger partial charge in [0.05, 0.1) is 5.71 Å². The van der Waals surface area contributed by atoms with E-state index in [9.17, 15) is 0 Å². The molecule has 1 aliphatic heterocycles. The molecule has 0 saturated carbocycles. The second kappa shape index (κ2) is 1.88. The van der Waals surface area contributed by atoms with Gasteiger partial charge in [-0.2, -0.15) is 0 Å². The Morgan fingerprint density at radius 2 is 2.25 bits per heavy atom. The lowest BCUT2D eigenvalue weighted by atomic mass is 10.1. The number of rotatable bonds is 0. The normalized spacial score (nSPS) is 17.0. The molecule has 2 aliphatic rings. The number of nitrogens with zero attached hydrogens (tertiary/aromatic N) is 3. The van der Waals surface area contributed by atoms with Crippen molar-refractivity contribution in [2.45, 2.75) is 0 Å². The van der Waals surface area contributed by atoms with Crippen molar-refractivity contribution in [3.8, 4) is 0 Å². The Morgan fingerprint density at radius 3 is 3.25 bits per heavy atom. The van der Waals surface area contributed by atoms with Crippen LogP contribution in [0.5, 0.6) is 0 Å². The molecule has 2 heterocycles. The summed E-state index contributed by atoms with van der Waals surface area (Å²) in [7, 11) is 0. The van der Waals surface area contributed by atoms with Crippen molar-refractivity contribution in [3.05, 3.63) is 36.3 Å². The minimum Gasteiger partial charge on any atom is -0.244 e.